The SMILES string of the molecule is CC(c1nc(-c2ccccc2)no1)N1CCN(C(=O)CCN2C(=O)NC3(CCCCC3)C2=O)CC1. The zero-order valence-electron chi connectivity index (χ0n) is 20.1. The smallest absolute Gasteiger partial charge is 0.325 e. The monoisotopic (exact) mass is 480 g/mol. The van der Waals surface area contributed by atoms with Crippen LogP contribution in [0.25, 0.3) is 11.4 Å². The fraction of sp³-hybridized carbons (Fsp3) is 0.560. The fourth-order valence-electron chi connectivity index (χ4n) is 5.36. The highest BCUT2D eigenvalue weighted by atomic mass is 16.5. The Balaban J connectivity index is 1.11. The average Bonchev–Trinajstić information content (AvgIpc) is 3.47. The summed E-state index contributed by atoms with van der Waals surface area (Å²) in [7, 11) is 0. The minimum absolute atomic E-state index is 0.0355. The van der Waals surface area contributed by atoms with Gasteiger partial charge in [-0.05, 0) is 19.8 Å². The molecular weight excluding hydrogens is 448 g/mol. The Labute approximate surface area is 204 Å². The van der Waals surface area contributed by atoms with Crippen molar-refractivity contribution in [1.82, 2.24) is 30.2 Å². The second-order valence-electron chi connectivity index (χ2n) is 9.69. The van der Waals surface area contributed by atoms with Gasteiger partial charge in [-0.3, -0.25) is 19.4 Å². The number of carbonyl (C=O) groups excluding carboxylic acids is 3. The lowest BCUT2D eigenvalue weighted by Gasteiger charge is -2.37. The first-order valence-electron chi connectivity index (χ1n) is 12.5. The van der Waals surface area contributed by atoms with Gasteiger partial charge in [-0.1, -0.05) is 54.8 Å². The van der Waals surface area contributed by atoms with Crippen LogP contribution in [-0.2, 0) is 9.59 Å². The minimum Gasteiger partial charge on any atom is -0.340 e. The molecule has 3 fully saturated rings. The van der Waals surface area contributed by atoms with E-state index < -0.39 is 5.54 Å². The van der Waals surface area contributed by atoms with Crippen molar-refractivity contribution >= 4 is 17.8 Å². The van der Waals surface area contributed by atoms with Crippen LogP contribution < -0.4 is 5.32 Å². The Bertz CT molecular complexity index is 1070. The quantitative estimate of drug-likeness (QED) is 0.633. The molecule has 1 aromatic carbocycles. The fourth-order valence-corrected chi connectivity index (χ4v) is 5.36. The molecule has 3 heterocycles. The Kier molecular flexibility index (Phi) is 6.55. The van der Waals surface area contributed by atoms with Gasteiger partial charge in [0, 0.05) is 44.7 Å². The average molecular weight is 481 g/mol. The summed E-state index contributed by atoms with van der Waals surface area (Å²) in [5, 5.41) is 7.01. The summed E-state index contributed by atoms with van der Waals surface area (Å²) in [5.41, 5.74) is 0.166. The molecule has 1 atom stereocenters. The summed E-state index contributed by atoms with van der Waals surface area (Å²) in [6.45, 7) is 4.68. The second kappa shape index (κ2) is 9.77. The van der Waals surface area contributed by atoms with E-state index in [9.17, 15) is 14.4 Å². The number of rotatable bonds is 6. The van der Waals surface area contributed by atoms with E-state index in [1.165, 1.54) is 4.90 Å². The number of piperazine rings is 1. The van der Waals surface area contributed by atoms with E-state index in [0.29, 0.717) is 50.7 Å². The summed E-state index contributed by atoms with van der Waals surface area (Å²) in [6, 6.07) is 9.28. The first kappa shape index (κ1) is 23.5. The minimum atomic E-state index is -0.741. The van der Waals surface area contributed by atoms with Crippen molar-refractivity contribution in [3.8, 4) is 11.4 Å². The van der Waals surface area contributed by atoms with Crippen molar-refractivity contribution < 1.29 is 18.9 Å². The molecule has 10 heteroatoms. The van der Waals surface area contributed by atoms with Crippen LogP contribution in [0, 0.1) is 0 Å². The molecule has 4 amide bonds. The number of hydrogen-bond donors (Lipinski definition) is 1. The number of aromatic nitrogens is 2. The summed E-state index contributed by atoms with van der Waals surface area (Å²) in [6.07, 6.45) is 4.50. The van der Waals surface area contributed by atoms with E-state index in [-0.39, 0.29) is 36.9 Å². The maximum absolute atomic E-state index is 12.9. The molecule has 0 radical (unpaired) electrons. The van der Waals surface area contributed by atoms with Crippen molar-refractivity contribution in [3.05, 3.63) is 36.2 Å². The molecule has 2 saturated heterocycles. The predicted octanol–water partition coefficient (Wildman–Crippen LogP) is 2.59. The number of nitrogens with zero attached hydrogens (tertiary/aromatic N) is 5. The Morgan fingerprint density at radius 1 is 1.09 bits per heavy atom. The van der Waals surface area contributed by atoms with Gasteiger partial charge in [0.25, 0.3) is 5.91 Å². The lowest BCUT2D eigenvalue weighted by atomic mass is 9.82. The molecule has 1 aliphatic carbocycles. The maximum Gasteiger partial charge on any atom is 0.325 e. The Morgan fingerprint density at radius 2 is 1.80 bits per heavy atom. The molecule has 1 N–H and O–H groups in total. The topological polar surface area (TPSA) is 112 Å². The van der Waals surface area contributed by atoms with Crippen LogP contribution in [0.15, 0.2) is 34.9 Å². The van der Waals surface area contributed by atoms with Gasteiger partial charge in [-0.2, -0.15) is 4.98 Å². The molecule has 10 nitrogen and oxygen atoms in total. The van der Waals surface area contributed by atoms with Crippen molar-refractivity contribution in [2.24, 2.45) is 0 Å². The van der Waals surface area contributed by atoms with Gasteiger partial charge < -0.3 is 14.7 Å². The van der Waals surface area contributed by atoms with Gasteiger partial charge in [0.15, 0.2) is 0 Å². The zero-order chi connectivity index (χ0) is 24.4. The highest BCUT2D eigenvalue weighted by Gasteiger charge is 2.51. The van der Waals surface area contributed by atoms with Gasteiger partial charge in [-0.15, -0.1) is 0 Å². The molecule has 1 unspecified atom stereocenters. The van der Waals surface area contributed by atoms with E-state index in [4.69, 9.17) is 4.52 Å². The van der Waals surface area contributed by atoms with Crippen molar-refractivity contribution in [3.63, 3.8) is 0 Å². The van der Waals surface area contributed by atoms with Crippen LogP contribution in [0.4, 0.5) is 4.79 Å². The highest BCUT2D eigenvalue weighted by Crippen LogP contribution is 2.33. The molecule has 2 aliphatic heterocycles. The van der Waals surface area contributed by atoms with Crippen LogP contribution in [0.1, 0.15) is 57.4 Å². The number of nitrogens with one attached hydrogen (secondary N) is 1. The Morgan fingerprint density at radius 3 is 2.51 bits per heavy atom. The van der Waals surface area contributed by atoms with Crippen LogP contribution in [0.5, 0.6) is 0 Å². The summed E-state index contributed by atoms with van der Waals surface area (Å²) < 4.78 is 5.51. The van der Waals surface area contributed by atoms with Gasteiger partial charge >= 0.3 is 6.03 Å². The van der Waals surface area contributed by atoms with E-state index in [1.807, 2.05) is 37.3 Å². The molecule has 1 saturated carbocycles. The van der Waals surface area contributed by atoms with Crippen LogP contribution >= 0.6 is 0 Å². The number of carbonyl (C=O) groups is 3. The zero-order valence-corrected chi connectivity index (χ0v) is 20.1. The molecule has 2 aromatic rings. The number of imide groups is 1. The third kappa shape index (κ3) is 4.67. The molecule has 5 rings (SSSR count). The normalized spacial score (nSPS) is 21.4. The van der Waals surface area contributed by atoms with Crippen LogP contribution in [-0.4, -0.2) is 80.9 Å². The highest BCUT2D eigenvalue weighted by molar-refractivity contribution is 6.07. The second-order valence-corrected chi connectivity index (χ2v) is 9.69. The first-order valence-corrected chi connectivity index (χ1v) is 12.5. The third-order valence-electron chi connectivity index (χ3n) is 7.55. The van der Waals surface area contributed by atoms with Crippen LogP contribution in [0.2, 0.25) is 0 Å². The Hall–Kier alpha value is -3.27. The van der Waals surface area contributed by atoms with E-state index in [1.54, 1.807) is 4.90 Å². The lowest BCUT2D eigenvalue weighted by Crippen LogP contribution is -2.50. The number of urea groups is 1. The van der Waals surface area contributed by atoms with Gasteiger partial charge in [-0.25, -0.2) is 4.79 Å². The number of benzene rings is 1. The molecule has 35 heavy (non-hydrogen) atoms. The predicted molar refractivity (Wildman–Crippen MR) is 127 cm³/mol. The van der Waals surface area contributed by atoms with Gasteiger partial charge in [0.2, 0.25) is 17.6 Å². The van der Waals surface area contributed by atoms with Gasteiger partial charge in [0.1, 0.15) is 5.54 Å². The van der Waals surface area contributed by atoms with Crippen LogP contribution in [0.3, 0.4) is 0 Å². The standard InChI is InChI=1S/C25H32N6O4/c1-18(22-26-21(28-35-22)19-8-4-2-5-9-19)29-14-16-30(17-15-29)20(32)10-13-31-23(33)25(27-24(31)34)11-6-3-7-12-25/h2,4-5,8-9,18H,3,6-7,10-17H2,1H3,(H,27,34). The lowest BCUT2D eigenvalue weighted by molar-refractivity contribution is -0.135. The number of hydrogen-bond acceptors (Lipinski definition) is 7. The molecule has 1 spiro atoms. The third-order valence-corrected chi connectivity index (χ3v) is 7.55. The molecule has 1 aromatic heterocycles. The first-order chi connectivity index (χ1) is 17.0. The van der Waals surface area contributed by atoms with E-state index in [2.05, 4.69) is 20.4 Å². The molecular formula is C25H32N6O4. The molecule has 0 bridgehead atoms. The largest absolute Gasteiger partial charge is 0.340 e. The van der Waals surface area contributed by atoms with E-state index >= 15 is 0 Å². The molecule has 186 valence electrons. The summed E-state index contributed by atoms with van der Waals surface area (Å²) in [5.74, 6) is 0.922. The van der Waals surface area contributed by atoms with Crippen molar-refractivity contribution in [2.75, 3.05) is 32.7 Å². The summed E-state index contributed by atoms with van der Waals surface area (Å²) >= 11 is 0. The van der Waals surface area contributed by atoms with Crippen molar-refractivity contribution in [1.29, 1.82) is 0 Å². The van der Waals surface area contributed by atoms with Crippen molar-refractivity contribution in [2.45, 2.75) is 57.0 Å². The summed E-state index contributed by atoms with van der Waals surface area (Å²) in [4.78, 5) is 48.0. The number of amides is 4. The van der Waals surface area contributed by atoms with E-state index in [0.717, 1.165) is 24.8 Å². The van der Waals surface area contributed by atoms with Gasteiger partial charge in [0.05, 0.1) is 6.04 Å². The molecule has 3 aliphatic rings. The maximum atomic E-state index is 12.9.